The molecule has 0 spiro atoms. The Hall–Kier alpha value is -1.39. The number of benzene rings is 1. The summed E-state index contributed by atoms with van der Waals surface area (Å²) in [4.78, 5) is 10.9. The molecule has 0 heterocycles. The van der Waals surface area contributed by atoms with E-state index in [1.165, 1.54) is 45.4 Å². The highest BCUT2D eigenvalue weighted by Gasteiger charge is 2.13. The van der Waals surface area contributed by atoms with E-state index in [2.05, 4.69) is 5.32 Å². The van der Waals surface area contributed by atoms with Gasteiger partial charge in [0.05, 0.1) is 6.10 Å². The lowest BCUT2D eigenvalue weighted by molar-refractivity contribution is -0.131. The molecule has 1 unspecified atom stereocenters. The van der Waals surface area contributed by atoms with E-state index >= 15 is 0 Å². The zero-order valence-corrected chi connectivity index (χ0v) is 13.4. The number of carbonyl (C=O) groups is 1. The van der Waals surface area contributed by atoms with Crippen LogP contribution in [0.3, 0.4) is 0 Å². The molecule has 4 nitrogen and oxygen atoms in total. The average molecular weight is 305 g/mol. The summed E-state index contributed by atoms with van der Waals surface area (Å²) >= 11 is 0. The average Bonchev–Trinajstić information content (AvgIpc) is 2.52. The summed E-state index contributed by atoms with van der Waals surface area (Å²) in [5.74, 6) is 1.03. The summed E-state index contributed by atoms with van der Waals surface area (Å²) in [6.45, 7) is 2.89. The first kappa shape index (κ1) is 17.0. The van der Waals surface area contributed by atoms with Gasteiger partial charge >= 0.3 is 5.97 Å². The summed E-state index contributed by atoms with van der Waals surface area (Å²) in [6, 6.07) is 7.02. The van der Waals surface area contributed by atoms with E-state index in [9.17, 15) is 9.90 Å². The fraction of sp³-hybridized carbons (Fsp3) is 0.611. The molecule has 0 amide bonds. The van der Waals surface area contributed by atoms with Crippen LogP contribution < -0.4 is 10.1 Å². The molecule has 1 aromatic carbocycles. The van der Waals surface area contributed by atoms with Gasteiger partial charge in [-0.05, 0) is 36.6 Å². The van der Waals surface area contributed by atoms with E-state index in [4.69, 9.17) is 4.74 Å². The monoisotopic (exact) mass is 305 g/mol. The second-order valence-electron chi connectivity index (χ2n) is 6.18. The van der Waals surface area contributed by atoms with Crippen LogP contribution in [0.4, 0.5) is 0 Å². The SMILES string of the molecule is CC(=O)Oc1ccc(C(O)CNCCC2CCCCC2)cc1. The van der Waals surface area contributed by atoms with E-state index in [1.807, 2.05) is 0 Å². The van der Waals surface area contributed by atoms with Crippen molar-refractivity contribution in [2.24, 2.45) is 5.92 Å². The van der Waals surface area contributed by atoms with Gasteiger partial charge in [0.25, 0.3) is 0 Å². The molecule has 0 aromatic heterocycles. The Labute approximate surface area is 132 Å². The molecule has 2 rings (SSSR count). The molecule has 0 saturated heterocycles. The van der Waals surface area contributed by atoms with Crippen molar-refractivity contribution in [2.75, 3.05) is 13.1 Å². The van der Waals surface area contributed by atoms with Gasteiger partial charge in [-0.15, -0.1) is 0 Å². The van der Waals surface area contributed by atoms with Gasteiger partial charge in [-0.1, -0.05) is 44.2 Å². The number of esters is 1. The molecule has 0 radical (unpaired) electrons. The summed E-state index contributed by atoms with van der Waals surface area (Å²) < 4.78 is 4.98. The van der Waals surface area contributed by atoms with Crippen LogP contribution in [0.15, 0.2) is 24.3 Å². The van der Waals surface area contributed by atoms with Crippen molar-refractivity contribution in [1.82, 2.24) is 5.32 Å². The molecule has 0 bridgehead atoms. The number of aliphatic hydroxyl groups is 1. The first-order valence-electron chi connectivity index (χ1n) is 8.32. The second kappa shape index (κ2) is 8.91. The number of carbonyl (C=O) groups excluding carboxylic acids is 1. The minimum atomic E-state index is -0.530. The molecule has 1 saturated carbocycles. The Bertz CT molecular complexity index is 452. The third-order valence-electron chi connectivity index (χ3n) is 4.32. The fourth-order valence-electron chi connectivity index (χ4n) is 3.06. The van der Waals surface area contributed by atoms with E-state index in [1.54, 1.807) is 24.3 Å². The fourth-order valence-corrected chi connectivity index (χ4v) is 3.06. The predicted octanol–water partition coefficient (Wildman–Crippen LogP) is 3.21. The van der Waals surface area contributed by atoms with Gasteiger partial charge < -0.3 is 15.2 Å². The maximum atomic E-state index is 10.9. The molecule has 0 aliphatic heterocycles. The van der Waals surface area contributed by atoms with E-state index in [0.717, 1.165) is 18.0 Å². The zero-order valence-electron chi connectivity index (χ0n) is 13.4. The topological polar surface area (TPSA) is 58.6 Å². The summed E-state index contributed by atoms with van der Waals surface area (Å²) in [6.07, 6.45) is 7.55. The minimum Gasteiger partial charge on any atom is -0.427 e. The molecule has 1 aliphatic rings. The van der Waals surface area contributed by atoms with E-state index in [-0.39, 0.29) is 5.97 Å². The van der Waals surface area contributed by atoms with Gasteiger partial charge in [0.1, 0.15) is 5.75 Å². The van der Waals surface area contributed by atoms with Crippen molar-refractivity contribution in [3.8, 4) is 5.75 Å². The number of rotatable bonds is 7. The van der Waals surface area contributed by atoms with Crippen molar-refractivity contribution < 1.29 is 14.6 Å². The third kappa shape index (κ3) is 5.78. The van der Waals surface area contributed by atoms with Crippen LogP contribution in [0.2, 0.25) is 0 Å². The van der Waals surface area contributed by atoms with Crippen LogP contribution in [-0.4, -0.2) is 24.2 Å². The van der Waals surface area contributed by atoms with Crippen LogP contribution in [0.25, 0.3) is 0 Å². The number of aliphatic hydroxyl groups excluding tert-OH is 1. The lowest BCUT2D eigenvalue weighted by atomic mass is 9.87. The lowest BCUT2D eigenvalue weighted by Crippen LogP contribution is -2.24. The molecular formula is C18H27NO3. The second-order valence-corrected chi connectivity index (χ2v) is 6.18. The molecule has 122 valence electrons. The van der Waals surface area contributed by atoms with Gasteiger partial charge in [-0.25, -0.2) is 0 Å². The van der Waals surface area contributed by atoms with Gasteiger partial charge in [-0.2, -0.15) is 0 Å². The Morgan fingerprint density at radius 1 is 1.27 bits per heavy atom. The predicted molar refractivity (Wildman–Crippen MR) is 86.8 cm³/mol. The maximum Gasteiger partial charge on any atom is 0.308 e. The number of hydrogen-bond donors (Lipinski definition) is 2. The van der Waals surface area contributed by atoms with Crippen LogP contribution in [-0.2, 0) is 4.79 Å². The van der Waals surface area contributed by atoms with Gasteiger partial charge in [0.2, 0.25) is 0 Å². The molecule has 1 aromatic rings. The number of nitrogens with one attached hydrogen (secondary N) is 1. The third-order valence-corrected chi connectivity index (χ3v) is 4.32. The molecule has 4 heteroatoms. The quantitative estimate of drug-likeness (QED) is 0.461. The van der Waals surface area contributed by atoms with E-state index < -0.39 is 6.10 Å². The normalized spacial score (nSPS) is 17.2. The van der Waals surface area contributed by atoms with Gasteiger partial charge in [0, 0.05) is 13.5 Å². The van der Waals surface area contributed by atoms with Crippen LogP contribution in [0.1, 0.15) is 57.1 Å². The Morgan fingerprint density at radius 2 is 1.95 bits per heavy atom. The number of ether oxygens (including phenoxy) is 1. The van der Waals surface area contributed by atoms with E-state index in [0.29, 0.717) is 12.3 Å². The number of hydrogen-bond acceptors (Lipinski definition) is 4. The zero-order chi connectivity index (χ0) is 15.8. The molecule has 22 heavy (non-hydrogen) atoms. The highest BCUT2D eigenvalue weighted by atomic mass is 16.5. The molecular weight excluding hydrogens is 278 g/mol. The van der Waals surface area contributed by atoms with Crippen LogP contribution in [0.5, 0.6) is 5.75 Å². The van der Waals surface area contributed by atoms with Crippen molar-refractivity contribution in [3.05, 3.63) is 29.8 Å². The van der Waals surface area contributed by atoms with Crippen molar-refractivity contribution >= 4 is 5.97 Å². The summed E-state index contributed by atoms with van der Waals surface area (Å²) in [5, 5.41) is 13.5. The highest BCUT2D eigenvalue weighted by molar-refractivity contribution is 5.69. The lowest BCUT2D eigenvalue weighted by Gasteiger charge is -2.21. The summed E-state index contributed by atoms with van der Waals surface area (Å²) in [5.41, 5.74) is 0.834. The first-order valence-corrected chi connectivity index (χ1v) is 8.32. The van der Waals surface area contributed by atoms with Gasteiger partial charge in [-0.3, -0.25) is 4.79 Å². The Balaban J connectivity index is 1.67. The Morgan fingerprint density at radius 3 is 2.59 bits per heavy atom. The molecule has 2 N–H and O–H groups in total. The van der Waals surface area contributed by atoms with Crippen LogP contribution >= 0.6 is 0 Å². The van der Waals surface area contributed by atoms with Gasteiger partial charge in [0.15, 0.2) is 0 Å². The van der Waals surface area contributed by atoms with Crippen LogP contribution in [0, 0.1) is 5.92 Å². The van der Waals surface area contributed by atoms with Crippen molar-refractivity contribution in [3.63, 3.8) is 0 Å². The molecule has 1 atom stereocenters. The Kier molecular flexibility index (Phi) is 6.87. The first-order chi connectivity index (χ1) is 10.6. The smallest absolute Gasteiger partial charge is 0.308 e. The van der Waals surface area contributed by atoms with Crippen molar-refractivity contribution in [2.45, 2.75) is 51.6 Å². The minimum absolute atomic E-state index is 0.335. The standard InChI is InChI=1S/C18H27NO3/c1-14(20)22-17-9-7-16(8-10-17)18(21)13-19-12-11-15-5-3-2-4-6-15/h7-10,15,18-19,21H,2-6,11-13H2,1H3. The maximum absolute atomic E-state index is 10.9. The molecule has 1 aliphatic carbocycles. The molecule has 1 fully saturated rings. The highest BCUT2D eigenvalue weighted by Crippen LogP contribution is 2.25. The largest absolute Gasteiger partial charge is 0.427 e. The summed E-state index contributed by atoms with van der Waals surface area (Å²) in [7, 11) is 0. The van der Waals surface area contributed by atoms with Crippen molar-refractivity contribution in [1.29, 1.82) is 0 Å².